The maximum absolute atomic E-state index is 12.7. The molecule has 1 aromatic heterocycles. The van der Waals surface area contributed by atoms with Gasteiger partial charge in [-0.3, -0.25) is 9.48 Å². The molecule has 7 nitrogen and oxygen atoms in total. The molecule has 0 bridgehead atoms. The average Bonchev–Trinajstić information content (AvgIpc) is 3.03. The summed E-state index contributed by atoms with van der Waals surface area (Å²) < 4.78 is 1.96. The SMILES string of the molecule is CCCNC(=O)N1CCN(C(=O)c2cnn3c2CCCC3)CC1. The molecule has 0 aromatic carbocycles. The van der Waals surface area contributed by atoms with E-state index in [2.05, 4.69) is 10.4 Å². The number of nitrogens with zero attached hydrogens (tertiary/aromatic N) is 4. The smallest absolute Gasteiger partial charge is 0.317 e. The summed E-state index contributed by atoms with van der Waals surface area (Å²) in [4.78, 5) is 28.3. The number of carbonyl (C=O) groups is 2. The van der Waals surface area contributed by atoms with Crippen molar-refractivity contribution >= 4 is 11.9 Å². The molecule has 0 atom stereocenters. The molecule has 0 spiro atoms. The maximum Gasteiger partial charge on any atom is 0.317 e. The molecule has 1 N–H and O–H groups in total. The van der Waals surface area contributed by atoms with Crippen molar-refractivity contribution in [2.75, 3.05) is 32.7 Å². The summed E-state index contributed by atoms with van der Waals surface area (Å²) in [5.41, 5.74) is 1.82. The predicted molar refractivity (Wildman–Crippen MR) is 86.3 cm³/mol. The van der Waals surface area contributed by atoms with Crippen molar-refractivity contribution in [3.05, 3.63) is 17.5 Å². The Kier molecular flexibility index (Phi) is 4.83. The largest absolute Gasteiger partial charge is 0.338 e. The number of hydrogen-bond donors (Lipinski definition) is 1. The zero-order valence-electron chi connectivity index (χ0n) is 13.8. The van der Waals surface area contributed by atoms with Crippen molar-refractivity contribution in [2.24, 2.45) is 0 Å². The van der Waals surface area contributed by atoms with Crippen LogP contribution in [0.2, 0.25) is 0 Å². The van der Waals surface area contributed by atoms with Crippen LogP contribution >= 0.6 is 0 Å². The number of fused-ring (bicyclic) bond motifs is 1. The molecule has 0 aliphatic carbocycles. The van der Waals surface area contributed by atoms with Crippen LogP contribution in [0.4, 0.5) is 4.79 Å². The van der Waals surface area contributed by atoms with Crippen molar-refractivity contribution in [1.82, 2.24) is 24.9 Å². The molecule has 3 amide bonds. The zero-order valence-corrected chi connectivity index (χ0v) is 13.8. The predicted octanol–water partition coefficient (Wildman–Crippen LogP) is 1.10. The van der Waals surface area contributed by atoms with Crippen molar-refractivity contribution in [3.8, 4) is 0 Å². The topological polar surface area (TPSA) is 70.5 Å². The first-order valence-corrected chi connectivity index (χ1v) is 8.57. The Balaban J connectivity index is 1.58. The molecule has 1 saturated heterocycles. The Hall–Kier alpha value is -2.05. The highest BCUT2D eigenvalue weighted by Gasteiger charge is 2.28. The summed E-state index contributed by atoms with van der Waals surface area (Å²) in [6.07, 6.45) is 5.83. The van der Waals surface area contributed by atoms with Gasteiger partial charge in [-0.05, 0) is 25.7 Å². The Morgan fingerprint density at radius 1 is 1.13 bits per heavy atom. The van der Waals surface area contributed by atoms with Crippen LogP contribution in [-0.4, -0.2) is 64.2 Å². The van der Waals surface area contributed by atoms with Gasteiger partial charge in [0, 0.05) is 39.3 Å². The summed E-state index contributed by atoms with van der Waals surface area (Å²) in [7, 11) is 0. The number of hydrogen-bond acceptors (Lipinski definition) is 3. The van der Waals surface area contributed by atoms with Crippen LogP contribution in [0, 0.1) is 0 Å². The number of amides is 3. The second kappa shape index (κ2) is 7.02. The second-order valence-corrected chi connectivity index (χ2v) is 6.20. The third kappa shape index (κ3) is 3.33. The first-order valence-electron chi connectivity index (χ1n) is 8.57. The molecular weight excluding hydrogens is 294 g/mol. The molecule has 1 aromatic rings. The van der Waals surface area contributed by atoms with E-state index in [9.17, 15) is 9.59 Å². The van der Waals surface area contributed by atoms with Crippen LogP contribution in [0.3, 0.4) is 0 Å². The molecule has 0 unspecified atom stereocenters. The third-order valence-electron chi connectivity index (χ3n) is 4.59. The lowest BCUT2D eigenvalue weighted by Gasteiger charge is -2.34. The molecule has 2 aliphatic heterocycles. The van der Waals surface area contributed by atoms with Gasteiger partial charge in [0.15, 0.2) is 0 Å². The zero-order chi connectivity index (χ0) is 16.2. The van der Waals surface area contributed by atoms with Crippen LogP contribution in [0.5, 0.6) is 0 Å². The lowest BCUT2D eigenvalue weighted by molar-refractivity contribution is 0.0663. The molecule has 126 valence electrons. The standard InChI is InChI=1S/C16H25N5O2/c1-2-6-17-16(23)20-10-8-19(9-11-20)15(22)13-12-18-21-7-4-3-5-14(13)21/h12H,2-11H2,1H3,(H,17,23). The van der Waals surface area contributed by atoms with Gasteiger partial charge >= 0.3 is 6.03 Å². The Morgan fingerprint density at radius 2 is 1.87 bits per heavy atom. The van der Waals surface area contributed by atoms with Gasteiger partial charge in [0.25, 0.3) is 5.91 Å². The number of piperazine rings is 1. The lowest BCUT2D eigenvalue weighted by Crippen LogP contribution is -2.53. The average molecular weight is 319 g/mol. The van der Waals surface area contributed by atoms with Gasteiger partial charge in [-0.15, -0.1) is 0 Å². The van der Waals surface area contributed by atoms with E-state index >= 15 is 0 Å². The van der Waals surface area contributed by atoms with E-state index in [1.165, 1.54) is 0 Å². The van der Waals surface area contributed by atoms with Gasteiger partial charge in [-0.2, -0.15) is 5.10 Å². The van der Waals surface area contributed by atoms with E-state index in [-0.39, 0.29) is 11.9 Å². The number of aryl methyl sites for hydroxylation is 1. The van der Waals surface area contributed by atoms with Gasteiger partial charge in [0.2, 0.25) is 0 Å². The molecule has 3 heterocycles. The minimum atomic E-state index is -0.0261. The van der Waals surface area contributed by atoms with Crippen molar-refractivity contribution in [1.29, 1.82) is 0 Å². The Bertz CT molecular complexity index is 575. The molecule has 0 radical (unpaired) electrons. The third-order valence-corrected chi connectivity index (χ3v) is 4.59. The summed E-state index contributed by atoms with van der Waals surface area (Å²) in [6, 6.07) is -0.0261. The minimum absolute atomic E-state index is 0.0261. The van der Waals surface area contributed by atoms with Gasteiger partial charge < -0.3 is 15.1 Å². The molecule has 2 aliphatic rings. The van der Waals surface area contributed by atoms with E-state index in [0.717, 1.165) is 43.5 Å². The fourth-order valence-electron chi connectivity index (χ4n) is 3.23. The van der Waals surface area contributed by atoms with Crippen LogP contribution in [0.25, 0.3) is 0 Å². The number of urea groups is 1. The second-order valence-electron chi connectivity index (χ2n) is 6.20. The Morgan fingerprint density at radius 3 is 2.61 bits per heavy atom. The normalized spacial score (nSPS) is 17.8. The molecule has 23 heavy (non-hydrogen) atoms. The quantitative estimate of drug-likeness (QED) is 0.907. The van der Waals surface area contributed by atoms with Crippen molar-refractivity contribution in [2.45, 2.75) is 39.2 Å². The van der Waals surface area contributed by atoms with Crippen LogP contribution in [0.1, 0.15) is 42.2 Å². The van der Waals surface area contributed by atoms with Gasteiger partial charge in [-0.25, -0.2) is 4.79 Å². The van der Waals surface area contributed by atoms with E-state index in [0.29, 0.717) is 32.7 Å². The minimum Gasteiger partial charge on any atom is -0.338 e. The molecule has 3 rings (SSSR count). The molecule has 0 saturated carbocycles. The first kappa shape index (κ1) is 15.8. The number of carbonyl (C=O) groups excluding carboxylic acids is 2. The lowest BCUT2D eigenvalue weighted by atomic mass is 10.1. The highest BCUT2D eigenvalue weighted by Crippen LogP contribution is 2.20. The fraction of sp³-hybridized carbons (Fsp3) is 0.688. The van der Waals surface area contributed by atoms with Crippen LogP contribution in [-0.2, 0) is 13.0 Å². The highest BCUT2D eigenvalue weighted by atomic mass is 16.2. The molecule has 7 heteroatoms. The van der Waals surface area contributed by atoms with Crippen molar-refractivity contribution < 1.29 is 9.59 Å². The van der Waals surface area contributed by atoms with Gasteiger partial charge in [-0.1, -0.05) is 6.92 Å². The Labute approximate surface area is 136 Å². The summed E-state index contributed by atoms with van der Waals surface area (Å²) in [5.74, 6) is 0.0572. The van der Waals surface area contributed by atoms with Gasteiger partial charge in [0.05, 0.1) is 17.5 Å². The monoisotopic (exact) mass is 319 g/mol. The van der Waals surface area contributed by atoms with E-state index in [1.807, 2.05) is 16.5 Å². The highest BCUT2D eigenvalue weighted by molar-refractivity contribution is 5.95. The summed E-state index contributed by atoms with van der Waals surface area (Å²) >= 11 is 0. The summed E-state index contributed by atoms with van der Waals surface area (Å²) in [5, 5.41) is 7.23. The van der Waals surface area contributed by atoms with Crippen LogP contribution in [0.15, 0.2) is 6.20 Å². The van der Waals surface area contributed by atoms with E-state index < -0.39 is 0 Å². The van der Waals surface area contributed by atoms with Crippen molar-refractivity contribution in [3.63, 3.8) is 0 Å². The number of rotatable bonds is 3. The molecule has 1 fully saturated rings. The van der Waals surface area contributed by atoms with E-state index in [1.54, 1.807) is 11.1 Å². The number of nitrogens with one attached hydrogen (secondary N) is 1. The molecular formula is C16H25N5O2. The first-order chi connectivity index (χ1) is 11.2. The van der Waals surface area contributed by atoms with E-state index in [4.69, 9.17) is 0 Å². The van der Waals surface area contributed by atoms with Gasteiger partial charge in [0.1, 0.15) is 0 Å². The maximum atomic E-state index is 12.7. The fourth-order valence-corrected chi connectivity index (χ4v) is 3.23. The van der Waals surface area contributed by atoms with Crippen LogP contribution < -0.4 is 5.32 Å². The summed E-state index contributed by atoms with van der Waals surface area (Å²) in [6.45, 7) is 5.99. The number of aromatic nitrogens is 2.